The number of thiophene rings is 1. The summed E-state index contributed by atoms with van der Waals surface area (Å²) in [5.74, 6) is -0.0814. The zero-order valence-corrected chi connectivity index (χ0v) is 15.6. The Hall–Kier alpha value is -2.41. The van der Waals surface area contributed by atoms with Gasteiger partial charge in [-0.2, -0.15) is 0 Å². The Labute approximate surface area is 156 Å². The van der Waals surface area contributed by atoms with Crippen molar-refractivity contribution in [1.82, 2.24) is 9.71 Å². The molecule has 0 aliphatic carbocycles. The van der Waals surface area contributed by atoms with E-state index >= 15 is 0 Å². The van der Waals surface area contributed by atoms with Crippen LogP contribution in [0.3, 0.4) is 0 Å². The maximum Gasteiger partial charge on any atom is 0.250 e. The first-order valence-corrected chi connectivity index (χ1v) is 10.7. The molecular formula is C20H18N2O2S2. The van der Waals surface area contributed by atoms with E-state index in [4.69, 9.17) is 0 Å². The monoisotopic (exact) mass is 382 g/mol. The average molecular weight is 383 g/mol. The van der Waals surface area contributed by atoms with Crippen molar-refractivity contribution in [2.45, 2.75) is 10.1 Å². The SMILES string of the molecule is O=S(=O)(NC[C@H](c1ccccc1)c1c[nH]c2ccccc12)c1cccs1. The first-order valence-electron chi connectivity index (χ1n) is 8.29. The molecule has 4 nitrogen and oxygen atoms in total. The van der Waals surface area contributed by atoms with Gasteiger partial charge in [-0.15, -0.1) is 11.3 Å². The molecule has 1 atom stereocenters. The predicted octanol–water partition coefficient (Wildman–Crippen LogP) is 4.34. The Morgan fingerprint density at radius 3 is 2.50 bits per heavy atom. The highest BCUT2D eigenvalue weighted by atomic mass is 32.2. The van der Waals surface area contributed by atoms with E-state index in [0.29, 0.717) is 10.8 Å². The van der Waals surface area contributed by atoms with Crippen LogP contribution in [-0.4, -0.2) is 19.9 Å². The molecule has 26 heavy (non-hydrogen) atoms. The van der Waals surface area contributed by atoms with Gasteiger partial charge < -0.3 is 4.98 Å². The van der Waals surface area contributed by atoms with Gasteiger partial charge in [0.05, 0.1) is 0 Å². The van der Waals surface area contributed by atoms with Crippen LogP contribution in [0, 0.1) is 0 Å². The third kappa shape index (κ3) is 3.31. The maximum atomic E-state index is 12.6. The fourth-order valence-corrected chi connectivity index (χ4v) is 5.24. The minimum absolute atomic E-state index is 0.0814. The third-order valence-electron chi connectivity index (χ3n) is 4.44. The highest BCUT2D eigenvalue weighted by molar-refractivity contribution is 7.91. The zero-order chi connectivity index (χ0) is 18.0. The van der Waals surface area contributed by atoms with Crippen molar-refractivity contribution in [3.63, 3.8) is 0 Å². The van der Waals surface area contributed by atoms with Crippen molar-refractivity contribution in [3.8, 4) is 0 Å². The molecule has 0 saturated carbocycles. The van der Waals surface area contributed by atoms with E-state index in [1.165, 1.54) is 11.3 Å². The number of benzene rings is 2. The van der Waals surface area contributed by atoms with Crippen LogP contribution in [0.4, 0.5) is 0 Å². The van der Waals surface area contributed by atoms with Crippen LogP contribution >= 0.6 is 11.3 Å². The van der Waals surface area contributed by atoms with Crippen molar-refractivity contribution in [1.29, 1.82) is 0 Å². The van der Waals surface area contributed by atoms with Crippen molar-refractivity contribution in [2.75, 3.05) is 6.54 Å². The van der Waals surface area contributed by atoms with Crippen molar-refractivity contribution < 1.29 is 8.42 Å². The summed E-state index contributed by atoms with van der Waals surface area (Å²) in [6.07, 6.45) is 1.97. The molecule has 0 aliphatic heterocycles. The molecule has 2 aromatic carbocycles. The molecule has 2 N–H and O–H groups in total. The molecule has 0 bridgehead atoms. The van der Waals surface area contributed by atoms with E-state index in [1.807, 2.05) is 54.7 Å². The summed E-state index contributed by atoms with van der Waals surface area (Å²) >= 11 is 1.22. The molecule has 2 heterocycles. The summed E-state index contributed by atoms with van der Waals surface area (Å²) in [5, 5.41) is 2.87. The van der Waals surface area contributed by atoms with Gasteiger partial charge in [-0.3, -0.25) is 0 Å². The normalized spacial score (nSPS) is 13.1. The van der Waals surface area contributed by atoms with Gasteiger partial charge in [0, 0.05) is 29.6 Å². The van der Waals surface area contributed by atoms with Crippen LogP contribution in [-0.2, 0) is 10.0 Å². The van der Waals surface area contributed by atoms with E-state index in [2.05, 4.69) is 15.8 Å². The maximum absolute atomic E-state index is 12.6. The first kappa shape index (κ1) is 17.0. The summed E-state index contributed by atoms with van der Waals surface area (Å²) in [5.41, 5.74) is 3.20. The molecule has 132 valence electrons. The molecule has 2 aromatic heterocycles. The highest BCUT2D eigenvalue weighted by Gasteiger charge is 2.22. The topological polar surface area (TPSA) is 62.0 Å². The van der Waals surface area contributed by atoms with Gasteiger partial charge >= 0.3 is 0 Å². The van der Waals surface area contributed by atoms with E-state index in [-0.39, 0.29) is 5.92 Å². The van der Waals surface area contributed by atoms with Crippen LogP contribution in [0.5, 0.6) is 0 Å². The average Bonchev–Trinajstić information content (AvgIpc) is 3.34. The van der Waals surface area contributed by atoms with Gasteiger partial charge in [-0.05, 0) is 28.6 Å². The number of hydrogen-bond acceptors (Lipinski definition) is 3. The number of H-pyrrole nitrogens is 1. The molecule has 0 amide bonds. The number of aromatic nitrogens is 1. The molecule has 4 rings (SSSR count). The fourth-order valence-electron chi connectivity index (χ4n) is 3.16. The second kappa shape index (κ2) is 7.07. The fraction of sp³-hybridized carbons (Fsp3) is 0.100. The number of rotatable bonds is 6. The minimum atomic E-state index is -3.51. The quantitative estimate of drug-likeness (QED) is 0.521. The second-order valence-corrected chi connectivity index (χ2v) is 8.98. The molecule has 0 unspecified atom stereocenters. The van der Waals surface area contributed by atoms with Gasteiger partial charge in [0.15, 0.2) is 0 Å². The van der Waals surface area contributed by atoms with Gasteiger partial charge in [0.25, 0.3) is 0 Å². The minimum Gasteiger partial charge on any atom is -0.361 e. The Morgan fingerprint density at radius 1 is 0.962 bits per heavy atom. The summed E-state index contributed by atoms with van der Waals surface area (Å²) in [7, 11) is -3.51. The van der Waals surface area contributed by atoms with Gasteiger partial charge in [-0.1, -0.05) is 54.6 Å². The molecule has 0 saturated heterocycles. The van der Waals surface area contributed by atoms with E-state index in [0.717, 1.165) is 22.0 Å². The van der Waals surface area contributed by atoms with Crippen molar-refractivity contribution in [3.05, 3.63) is 89.4 Å². The molecule has 6 heteroatoms. The third-order valence-corrected chi connectivity index (χ3v) is 7.26. The number of para-hydroxylation sites is 1. The van der Waals surface area contributed by atoms with Gasteiger partial charge in [0.1, 0.15) is 4.21 Å². The molecular weight excluding hydrogens is 364 g/mol. The zero-order valence-electron chi connectivity index (χ0n) is 13.9. The van der Waals surface area contributed by atoms with E-state index < -0.39 is 10.0 Å². The summed E-state index contributed by atoms with van der Waals surface area (Å²) in [6.45, 7) is 0.298. The number of nitrogens with one attached hydrogen (secondary N) is 2. The number of aromatic amines is 1. The smallest absolute Gasteiger partial charge is 0.250 e. The lowest BCUT2D eigenvalue weighted by Gasteiger charge is -2.18. The Bertz CT molecular complexity index is 1100. The van der Waals surface area contributed by atoms with Crippen LogP contribution in [0.1, 0.15) is 17.0 Å². The van der Waals surface area contributed by atoms with Crippen LogP contribution in [0.15, 0.2) is 82.5 Å². The summed E-state index contributed by atoms with van der Waals surface area (Å²) in [4.78, 5) is 3.29. The standard InChI is InChI=1S/C20H18N2O2S2/c23-26(24,20-11-6-12-25-20)22-14-17(15-7-2-1-3-8-15)18-13-21-19-10-5-4-9-16(18)19/h1-13,17,21-22H,14H2/t17-/m1/s1. The Morgan fingerprint density at radius 2 is 1.73 bits per heavy atom. The van der Waals surface area contributed by atoms with Gasteiger partial charge in [0.2, 0.25) is 10.0 Å². The van der Waals surface area contributed by atoms with Crippen LogP contribution in [0.2, 0.25) is 0 Å². The van der Waals surface area contributed by atoms with Crippen LogP contribution in [0.25, 0.3) is 10.9 Å². The Balaban J connectivity index is 1.71. The lowest BCUT2D eigenvalue weighted by atomic mass is 9.91. The predicted molar refractivity (Wildman–Crippen MR) is 106 cm³/mol. The summed E-state index contributed by atoms with van der Waals surface area (Å²) < 4.78 is 28.2. The largest absolute Gasteiger partial charge is 0.361 e. The summed E-state index contributed by atoms with van der Waals surface area (Å²) in [6, 6.07) is 21.4. The van der Waals surface area contributed by atoms with Crippen molar-refractivity contribution in [2.24, 2.45) is 0 Å². The highest BCUT2D eigenvalue weighted by Crippen LogP contribution is 2.31. The molecule has 4 aromatic rings. The Kier molecular flexibility index (Phi) is 4.63. The molecule has 0 fully saturated rings. The van der Waals surface area contributed by atoms with E-state index in [1.54, 1.807) is 17.5 Å². The van der Waals surface area contributed by atoms with E-state index in [9.17, 15) is 8.42 Å². The molecule has 0 aliphatic rings. The first-order chi connectivity index (χ1) is 12.6. The number of sulfonamides is 1. The molecule has 0 radical (unpaired) electrons. The lowest BCUT2D eigenvalue weighted by molar-refractivity contribution is 0.580. The second-order valence-electron chi connectivity index (χ2n) is 6.04. The van der Waals surface area contributed by atoms with Crippen molar-refractivity contribution >= 4 is 32.3 Å². The number of fused-ring (bicyclic) bond motifs is 1. The number of hydrogen-bond donors (Lipinski definition) is 2. The van der Waals surface area contributed by atoms with Crippen LogP contribution < -0.4 is 4.72 Å². The molecule has 0 spiro atoms. The van der Waals surface area contributed by atoms with Gasteiger partial charge in [-0.25, -0.2) is 13.1 Å². The lowest BCUT2D eigenvalue weighted by Crippen LogP contribution is -2.28.